The lowest BCUT2D eigenvalue weighted by atomic mass is 10.1. The summed E-state index contributed by atoms with van der Waals surface area (Å²) in [6.07, 6.45) is 1.58. The molecule has 0 atom stereocenters. The molecule has 3 aromatic carbocycles. The van der Waals surface area contributed by atoms with Gasteiger partial charge in [0.05, 0.1) is 16.9 Å². The molecule has 12 nitrogen and oxygen atoms in total. The minimum absolute atomic E-state index is 0.140. The predicted molar refractivity (Wildman–Crippen MR) is 173 cm³/mol. The van der Waals surface area contributed by atoms with Crippen molar-refractivity contribution in [3.05, 3.63) is 92.9 Å². The highest BCUT2D eigenvalue weighted by atomic mass is 32.2. The lowest BCUT2D eigenvalue weighted by Crippen LogP contribution is -2.44. The SMILES string of the molecule is CCN(CC)c1ccc(/C=C2/SC(=S)N(NC(=O)c3ccc(OC)cc3)C2=O)c(OCC(=O)Nc2cccc([N+](=O)[O-])c2)c1. The number of carbonyl (C=O) groups excluding carboxylic acids is 3. The third kappa shape index (κ3) is 7.71. The van der Waals surface area contributed by atoms with Crippen LogP contribution in [0, 0.1) is 10.1 Å². The second-order valence-corrected chi connectivity index (χ2v) is 10.9. The van der Waals surface area contributed by atoms with Gasteiger partial charge in [-0.1, -0.05) is 17.8 Å². The summed E-state index contributed by atoms with van der Waals surface area (Å²) in [6.45, 7) is 5.08. The van der Waals surface area contributed by atoms with E-state index in [4.69, 9.17) is 21.7 Å². The Bertz CT molecular complexity index is 1620. The summed E-state index contributed by atoms with van der Waals surface area (Å²) < 4.78 is 11.2. The van der Waals surface area contributed by atoms with E-state index in [-0.39, 0.29) is 20.6 Å². The molecule has 0 unspecified atom stereocenters. The topological polar surface area (TPSA) is 143 Å². The van der Waals surface area contributed by atoms with Crippen LogP contribution in [0.25, 0.3) is 6.08 Å². The van der Waals surface area contributed by atoms with Gasteiger partial charge in [-0.3, -0.25) is 29.9 Å². The normalized spacial score (nSPS) is 13.5. The van der Waals surface area contributed by atoms with Gasteiger partial charge in [0.15, 0.2) is 10.9 Å². The summed E-state index contributed by atoms with van der Waals surface area (Å²) in [5.74, 6) is -0.661. The quantitative estimate of drug-likeness (QED) is 0.121. The third-order valence-electron chi connectivity index (χ3n) is 6.47. The molecule has 44 heavy (non-hydrogen) atoms. The zero-order valence-electron chi connectivity index (χ0n) is 24.1. The Morgan fingerprint density at radius 1 is 1.09 bits per heavy atom. The van der Waals surface area contributed by atoms with Crippen molar-refractivity contribution in [2.45, 2.75) is 13.8 Å². The maximum absolute atomic E-state index is 13.3. The smallest absolute Gasteiger partial charge is 0.285 e. The Kier molecular flexibility index (Phi) is 10.5. The highest BCUT2D eigenvalue weighted by molar-refractivity contribution is 8.26. The van der Waals surface area contributed by atoms with Gasteiger partial charge in [-0.15, -0.1) is 0 Å². The van der Waals surface area contributed by atoms with Crippen LogP contribution in [0.3, 0.4) is 0 Å². The maximum Gasteiger partial charge on any atom is 0.285 e. The number of hydrazine groups is 1. The second-order valence-electron chi connectivity index (χ2n) is 9.23. The van der Waals surface area contributed by atoms with Crippen LogP contribution in [0.2, 0.25) is 0 Å². The first-order valence-corrected chi connectivity index (χ1v) is 14.6. The molecule has 0 bridgehead atoms. The first-order chi connectivity index (χ1) is 21.1. The number of carbonyl (C=O) groups is 3. The number of amides is 3. The van der Waals surface area contributed by atoms with E-state index in [1.54, 1.807) is 42.5 Å². The Labute approximate surface area is 263 Å². The van der Waals surface area contributed by atoms with Gasteiger partial charge >= 0.3 is 0 Å². The standard InChI is InChI=1S/C30H29N5O7S2/c1-4-33(5-2)22-12-9-20(25(17-22)42-18-27(36)31-21-7-6-8-23(16-21)35(39)40)15-26-29(38)34(30(43)44-26)32-28(37)19-10-13-24(41-3)14-11-19/h6-17H,4-5,18H2,1-3H3,(H,31,36)(H,32,37)/b26-15+. The molecular formula is C30H29N5O7S2. The number of nitrogens with one attached hydrogen (secondary N) is 2. The molecule has 0 aliphatic carbocycles. The van der Waals surface area contributed by atoms with Crippen molar-refractivity contribution < 1.29 is 28.8 Å². The van der Waals surface area contributed by atoms with Crippen molar-refractivity contribution in [1.29, 1.82) is 0 Å². The van der Waals surface area contributed by atoms with Gasteiger partial charge in [-0.2, -0.15) is 5.01 Å². The van der Waals surface area contributed by atoms with Gasteiger partial charge in [0.25, 0.3) is 23.4 Å². The van der Waals surface area contributed by atoms with Crippen molar-refractivity contribution >= 4 is 69.2 Å². The first kappa shape index (κ1) is 32.0. The number of benzene rings is 3. The number of rotatable bonds is 12. The van der Waals surface area contributed by atoms with Crippen LogP contribution in [0.15, 0.2) is 71.6 Å². The van der Waals surface area contributed by atoms with Crippen molar-refractivity contribution in [2.24, 2.45) is 0 Å². The van der Waals surface area contributed by atoms with E-state index in [1.165, 1.54) is 31.4 Å². The van der Waals surface area contributed by atoms with Crippen LogP contribution in [0.4, 0.5) is 17.1 Å². The van der Waals surface area contributed by atoms with Crippen molar-refractivity contribution in [2.75, 3.05) is 37.0 Å². The van der Waals surface area contributed by atoms with Gasteiger partial charge in [-0.05, 0) is 74.6 Å². The van der Waals surface area contributed by atoms with Gasteiger partial charge in [0.1, 0.15) is 11.5 Å². The average molecular weight is 636 g/mol. The number of non-ortho nitro benzene ring substituents is 1. The number of thiocarbonyl (C=S) groups is 1. The van der Waals surface area contributed by atoms with Crippen LogP contribution in [0.5, 0.6) is 11.5 Å². The number of hydrogen-bond acceptors (Lipinski definition) is 10. The highest BCUT2D eigenvalue weighted by Gasteiger charge is 2.34. The molecular weight excluding hydrogens is 606 g/mol. The van der Waals surface area contributed by atoms with Crippen LogP contribution in [0.1, 0.15) is 29.8 Å². The Morgan fingerprint density at radius 2 is 1.82 bits per heavy atom. The Hall–Kier alpha value is -4.95. The first-order valence-electron chi connectivity index (χ1n) is 13.4. The molecule has 3 amide bonds. The van der Waals surface area contributed by atoms with E-state index < -0.39 is 29.3 Å². The molecule has 228 valence electrons. The predicted octanol–water partition coefficient (Wildman–Crippen LogP) is 5.01. The van der Waals surface area contributed by atoms with E-state index in [9.17, 15) is 24.5 Å². The van der Waals surface area contributed by atoms with Gasteiger partial charge in [0.2, 0.25) is 0 Å². The fourth-order valence-corrected chi connectivity index (χ4v) is 5.37. The summed E-state index contributed by atoms with van der Waals surface area (Å²) in [5, 5.41) is 14.7. The largest absolute Gasteiger partial charge is 0.497 e. The minimum Gasteiger partial charge on any atom is -0.497 e. The van der Waals surface area contributed by atoms with Gasteiger partial charge in [0, 0.05) is 53.8 Å². The summed E-state index contributed by atoms with van der Waals surface area (Å²) in [4.78, 5) is 51.6. The van der Waals surface area contributed by atoms with Crippen molar-refractivity contribution in [3.63, 3.8) is 0 Å². The average Bonchev–Trinajstić information content (AvgIpc) is 3.28. The van der Waals surface area contributed by atoms with E-state index >= 15 is 0 Å². The molecule has 0 radical (unpaired) electrons. The lowest BCUT2D eigenvalue weighted by molar-refractivity contribution is -0.384. The second kappa shape index (κ2) is 14.5. The van der Waals surface area contributed by atoms with Crippen molar-refractivity contribution in [3.8, 4) is 11.5 Å². The molecule has 1 aliphatic heterocycles. The van der Waals surface area contributed by atoms with Crippen molar-refractivity contribution in [1.82, 2.24) is 10.4 Å². The minimum atomic E-state index is -0.551. The molecule has 0 aromatic heterocycles. The fourth-order valence-electron chi connectivity index (χ4n) is 4.20. The number of anilines is 2. The molecule has 0 saturated carbocycles. The number of thioether (sulfide) groups is 1. The van der Waals surface area contributed by atoms with E-state index in [1.807, 2.05) is 19.9 Å². The zero-order valence-corrected chi connectivity index (χ0v) is 25.7. The van der Waals surface area contributed by atoms with Crippen LogP contribution in [-0.2, 0) is 9.59 Å². The molecule has 3 aromatic rings. The summed E-state index contributed by atoms with van der Waals surface area (Å²) in [6, 6.07) is 17.4. The number of hydrogen-bond donors (Lipinski definition) is 2. The Morgan fingerprint density at radius 3 is 2.48 bits per heavy atom. The van der Waals surface area contributed by atoms with E-state index in [0.717, 1.165) is 35.5 Å². The lowest BCUT2D eigenvalue weighted by Gasteiger charge is -2.22. The van der Waals surface area contributed by atoms with E-state index in [2.05, 4.69) is 15.6 Å². The number of nitrogens with zero attached hydrogens (tertiary/aromatic N) is 3. The fraction of sp³-hybridized carbons (Fsp3) is 0.200. The monoisotopic (exact) mass is 635 g/mol. The van der Waals surface area contributed by atoms with E-state index in [0.29, 0.717) is 22.6 Å². The molecule has 1 saturated heterocycles. The molecule has 4 rings (SSSR count). The molecule has 1 aliphatic rings. The molecule has 14 heteroatoms. The zero-order chi connectivity index (χ0) is 31.8. The molecule has 1 fully saturated rings. The number of ether oxygens (including phenoxy) is 2. The maximum atomic E-state index is 13.3. The Balaban J connectivity index is 1.53. The molecule has 0 spiro atoms. The number of nitro benzene ring substituents is 1. The van der Waals surface area contributed by atoms with Crippen LogP contribution in [-0.4, -0.2) is 58.8 Å². The van der Waals surface area contributed by atoms with Gasteiger partial charge in [-0.25, -0.2) is 0 Å². The van der Waals surface area contributed by atoms with Gasteiger partial charge < -0.3 is 19.7 Å². The summed E-state index contributed by atoms with van der Waals surface area (Å²) in [7, 11) is 1.52. The molecule has 2 N–H and O–H groups in total. The number of methoxy groups -OCH3 is 1. The van der Waals surface area contributed by atoms with Crippen LogP contribution < -0.4 is 25.1 Å². The summed E-state index contributed by atoms with van der Waals surface area (Å²) >= 11 is 6.38. The number of nitro groups is 1. The third-order valence-corrected chi connectivity index (χ3v) is 7.77. The summed E-state index contributed by atoms with van der Waals surface area (Å²) in [5.41, 5.74) is 4.31. The molecule has 1 heterocycles. The van der Waals surface area contributed by atoms with Crippen LogP contribution >= 0.6 is 24.0 Å². The highest BCUT2D eigenvalue weighted by Crippen LogP contribution is 2.35.